The Hall–Kier alpha value is -4.32. The van der Waals surface area contributed by atoms with E-state index in [4.69, 9.17) is 10.1 Å². The number of hydrogen-bond donors (Lipinski definition) is 1. The zero-order valence-corrected chi connectivity index (χ0v) is 19.9. The average molecular weight is 462 g/mol. The van der Waals surface area contributed by atoms with Crippen molar-refractivity contribution >= 4 is 16.8 Å². The van der Waals surface area contributed by atoms with Crippen LogP contribution in [0.4, 0.5) is 0 Å². The molecule has 1 amide bonds. The Balaban J connectivity index is 1.50. The van der Waals surface area contributed by atoms with E-state index >= 15 is 0 Å². The van der Waals surface area contributed by atoms with Crippen LogP contribution in [0, 0.1) is 6.92 Å². The molecule has 0 saturated heterocycles. The number of rotatable bonds is 7. The first-order valence-corrected chi connectivity index (χ1v) is 11.8. The van der Waals surface area contributed by atoms with Gasteiger partial charge in [-0.2, -0.15) is 5.10 Å². The van der Waals surface area contributed by atoms with E-state index in [-0.39, 0.29) is 12.5 Å². The van der Waals surface area contributed by atoms with Gasteiger partial charge in [0.1, 0.15) is 12.2 Å². The molecule has 0 saturated carbocycles. The number of nitrogens with one attached hydrogen (secondary N) is 1. The average Bonchev–Trinajstić information content (AvgIpc) is 3.31. The summed E-state index contributed by atoms with van der Waals surface area (Å²) in [4.78, 5) is 22.1. The van der Waals surface area contributed by atoms with Crippen LogP contribution in [0.1, 0.15) is 23.7 Å². The summed E-state index contributed by atoms with van der Waals surface area (Å²) in [6, 6.07) is 24.1. The van der Waals surface area contributed by atoms with Gasteiger partial charge in [0.05, 0.1) is 11.2 Å². The second-order valence-electron chi connectivity index (χ2n) is 8.54. The van der Waals surface area contributed by atoms with E-state index in [0.29, 0.717) is 6.54 Å². The Kier molecular flexibility index (Phi) is 6.35. The summed E-state index contributed by atoms with van der Waals surface area (Å²) in [5.41, 5.74) is 7.66. The third kappa shape index (κ3) is 4.82. The molecular weight excluding hydrogens is 434 g/mol. The van der Waals surface area contributed by atoms with Crippen molar-refractivity contribution in [1.82, 2.24) is 25.1 Å². The van der Waals surface area contributed by atoms with Crippen molar-refractivity contribution < 1.29 is 4.79 Å². The Bertz CT molecular complexity index is 1500. The lowest BCUT2D eigenvalue weighted by molar-refractivity contribution is -0.122. The van der Waals surface area contributed by atoms with E-state index in [1.54, 1.807) is 4.68 Å². The van der Waals surface area contributed by atoms with Crippen LogP contribution in [0.15, 0.2) is 85.2 Å². The van der Waals surface area contributed by atoms with Gasteiger partial charge in [-0.05, 0) is 54.3 Å². The predicted octanol–water partition coefficient (Wildman–Crippen LogP) is 5.35. The maximum Gasteiger partial charge on any atom is 0.241 e. The van der Waals surface area contributed by atoms with Crippen LogP contribution in [0.2, 0.25) is 0 Å². The van der Waals surface area contributed by atoms with E-state index in [1.165, 1.54) is 0 Å². The summed E-state index contributed by atoms with van der Waals surface area (Å²) in [6.45, 7) is 4.74. The maximum atomic E-state index is 12.8. The van der Waals surface area contributed by atoms with Gasteiger partial charge in [0.2, 0.25) is 5.91 Å². The Morgan fingerprint density at radius 2 is 1.77 bits per heavy atom. The Labute approximate surface area is 204 Å². The first-order valence-electron chi connectivity index (χ1n) is 11.8. The number of pyridine rings is 2. The number of fused-ring (bicyclic) bond motifs is 1. The van der Waals surface area contributed by atoms with Crippen molar-refractivity contribution in [3.05, 3.63) is 102 Å². The van der Waals surface area contributed by atoms with Crippen molar-refractivity contribution in [2.45, 2.75) is 33.4 Å². The van der Waals surface area contributed by atoms with Crippen molar-refractivity contribution in [1.29, 1.82) is 0 Å². The predicted molar refractivity (Wildman–Crippen MR) is 139 cm³/mol. The minimum absolute atomic E-state index is 0.0938. The fourth-order valence-corrected chi connectivity index (χ4v) is 4.23. The molecule has 0 spiro atoms. The van der Waals surface area contributed by atoms with Gasteiger partial charge in [-0.3, -0.25) is 19.4 Å². The highest BCUT2D eigenvalue weighted by molar-refractivity contribution is 5.97. The van der Waals surface area contributed by atoms with E-state index in [1.807, 2.05) is 86.0 Å². The smallest absolute Gasteiger partial charge is 0.241 e. The van der Waals surface area contributed by atoms with Crippen molar-refractivity contribution in [2.75, 3.05) is 0 Å². The minimum Gasteiger partial charge on any atom is -0.350 e. The van der Waals surface area contributed by atoms with Crippen LogP contribution in [-0.2, 0) is 24.3 Å². The van der Waals surface area contributed by atoms with Crippen LogP contribution in [0.3, 0.4) is 0 Å². The second-order valence-corrected chi connectivity index (χ2v) is 8.54. The van der Waals surface area contributed by atoms with Gasteiger partial charge < -0.3 is 5.32 Å². The van der Waals surface area contributed by atoms with Crippen LogP contribution in [0.5, 0.6) is 0 Å². The molecule has 6 nitrogen and oxygen atoms in total. The molecule has 3 aromatic heterocycles. The maximum absolute atomic E-state index is 12.8. The quantitative estimate of drug-likeness (QED) is 0.355. The lowest BCUT2D eigenvalue weighted by atomic mass is 10.0. The number of aromatic nitrogens is 4. The summed E-state index contributed by atoms with van der Waals surface area (Å²) >= 11 is 0. The zero-order valence-electron chi connectivity index (χ0n) is 19.9. The molecule has 5 rings (SSSR count). The molecule has 174 valence electrons. The summed E-state index contributed by atoms with van der Waals surface area (Å²) in [5, 5.41) is 8.88. The number of amides is 1. The molecule has 35 heavy (non-hydrogen) atoms. The number of aryl methyl sites for hydroxylation is 2. The number of para-hydroxylation sites is 1. The summed E-state index contributed by atoms with van der Waals surface area (Å²) in [6.07, 6.45) is 4.58. The van der Waals surface area contributed by atoms with Crippen LogP contribution in [0.25, 0.3) is 33.4 Å². The van der Waals surface area contributed by atoms with Gasteiger partial charge >= 0.3 is 0 Å². The minimum atomic E-state index is -0.0938. The largest absolute Gasteiger partial charge is 0.350 e. The number of nitrogens with zero attached hydrogens (tertiary/aromatic N) is 4. The molecule has 0 aliphatic carbocycles. The number of benzene rings is 2. The van der Waals surface area contributed by atoms with E-state index in [2.05, 4.69) is 23.3 Å². The lowest BCUT2D eigenvalue weighted by Gasteiger charge is -2.08. The highest BCUT2D eigenvalue weighted by Crippen LogP contribution is 2.34. The molecule has 0 aliphatic rings. The third-order valence-corrected chi connectivity index (χ3v) is 6.16. The topological polar surface area (TPSA) is 72.7 Å². The first-order chi connectivity index (χ1) is 17.1. The molecule has 0 atom stereocenters. The molecule has 0 fully saturated rings. The number of hydrogen-bond acceptors (Lipinski definition) is 4. The third-order valence-electron chi connectivity index (χ3n) is 6.16. The molecule has 1 N–H and O–H groups in total. The van der Waals surface area contributed by atoms with Crippen molar-refractivity contribution in [2.24, 2.45) is 0 Å². The van der Waals surface area contributed by atoms with Gasteiger partial charge in [0, 0.05) is 35.6 Å². The van der Waals surface area contributed by atoms with E-state index in [0.717, 1.165) is 56.7 Å². The molecule has 3 heterocycles. The van der Waals surface area contributed by atoms with Crippen LogP contribution in [-0.4, -0.2) is 25.7 Å². The van der Waals surface area contributed by atoms with Gasteiger partial charge in [-0.25, -0.2) is 0 Å². The van der Waals surface area contributed by atoms with Gasteiger partial charge in [0.15, 0.2) is 0 Å². The van der Waals surface area contributed by atoms with E-state index in [9.17, 15) is 4.79 Å². The van der Waals surface area contributed by atoms with Crippen molar-refractivity contribution in [3.63, 3.8) is 0 Å². The number of carbonyl (C=O) groups is 1. The molecule has 0 radical (unpaired) electrons. The normalized spacial score (nSPS) is 11.0. The molecule has 2 aromatic carbocycles. The fraction of sp³-hybridized carbons (Fsp3) is 0.172. The SMILES string of the molecule is CCc1cccc(-c2nn(CC(=O)NCc3ccccc3C)cc2-c2ccnc3ccccc23)n1. The molecule has 6 heteroatoms. The lowest BCUT2D eigenvalue weighted by Crippen LogP contribution is -2.27. The van der Waals surface area contributed by atoms with Crippen LogP contribution >= 0.6 is 0 Å². The standard InChI is InChI=1S/C29H27N5O/c1-3-22-11-8-14-27(32-22)29-25(23-15-16-30-26-13-7-6-12-24(23)26)18-34(33-29)19-28(35)31-17-21-10-5-4-9-20(21)2/h4-16,18H,3,17,19H2,1-2H3,(H,31,35). The van der Waals surface area contributed by atoms with E-state index < -0.39 is 0 Å². The molecule has 5 aromatic rings. The highest BCUT2D eigenvalue weighted by Gasteiger charge is 2.18. The molecule has 0 bridgehead atoms. The van der Waals surface area contributed by atoms with Crippen molar-refractivity contribution in [3.8, 4) is 22.5 Å². The molecular formula is C29H27N5O. The van der Waals surface area contributed by atoms with Gasteiger partial charge in [-0.1, -0.05) is 55.5 Å². The summed E-state index contributed by atoms with van der Waals surface area (Å²) < 4.78 is 1.70. The molecule has 0 aliphatic heterocycles. The Morgan fingerprint density at radius 1 is 0.943 bits per heavy atom. The summed E-state index contributed by atoms with van der Waals surface area (Å²) in [5.74, 6) is -0.0938. The van der Waals surface area contributed by atoms with Gasteiger partial charge in [0.25, 0.3) is 0 Å². The highest BCUT2D eigenvalue weighted by atomic mass is 16.2. The monoisotopic (exact) mass is 461 g/mol. The first kappa shape index (κ1) is 22.5. The Morgan fingerprint density at radius 3 is 2.63 bits per heavy atom. The fourth-order valence-electron chi connectivity index (χ4n) is 4.23. The summed E-state index contributed by atoms with van der Waals surface area (Å²) in [7, 11) is 0. The van der Waals surface area contributed by atoms with Crippen LogP contribution < -0.4 is 5.32 Å². The van der Waals surface area contributed by atoms with Gasteiger partial charge in [-0.15, -0.1) is 0 Å². The second kappa shape index (κ2) is 9.89. The number of carbonyl (C=O) groups excluding carboxylic acids is 1. The molecule has 0 unspecified atom stereocenters. The zero-order chi connectivity index (χ0) is 24.2.